The summed E-state index contributed by atoms with van der Waals surface area (Å²) in [5.74, 6) is 0.998. The number of hydrogen-bond acceptors (Lipinski definition) is 2. The van der Waals surface area contributed by atoms with E-state index in [1.807, 2.05) is 24.3 Å². The lowest BCUT2D eigenvalue weighted by molar-refractivity contribution is -0.131. The number of alkyl halides is 1. The van der Waals surface area contributed by atoms with E-state index in [-0.39, 0.29) is 0 Å². The first kappa shape index (κ1) is 18.4. The number of rotatable bonds is 8. The molecule has 2 aromatic rings. The number of carboxylic acid groups (broad SMARTS) is 1. The van der Waals surface area contributed by atoms with Crippen LogP contribution in [0.15, 0.2) is 54.6 Å². The van der Waals surface area contributed by atoms with Crippen LogP contribution in [-0.4, -0.2) is 17.0 Å². The van der Waals surface area contributed by atoms with E-state index in [0.29, 0.717) is 28.8 Å². The number of ether oxygens (including phenoxy) is 1. The monoisotopic (exact) mass is 364 g/mol. The van der Waals surface area contributed by atoms with Gasteiger partial charge in [-0.05, 0) is 66.8 Å². The molecule has 0 fully saturated rings. The molecule has 0 aliphatic rings. The molecule has 0 aliphatic carbocycles. The Kier molecular flexibility index (Phi) is 7.16. The Morgan fingerprint density at radius 1 is 1.00 bits per heavy atom. The van der Waals surface area contributed by atoms with Crippen LogP contribution in [0.3, 0.4) is 0 Å². The summed E-state index contributed by atoms with van der Waals surface area (Å²) in [6.45, 7) is 0. The summed E-state index contributed by atoms with van der Waals surface area (Å²) in [5.41, 5.74) is 1.65. The van der Waals surface area contributed by atoms with Gasteiger partial charge < -0.3 is 9.84 Å². The molecule has 24 heavy (non-hydrogen) atoms. The Bertz CT molecular complexity index is 692. The summed E-state index contributed by atoms with van der Waals surface area (Å²) >= 11 is 11.5. The Morgan fingerprint density at radius 3 is 2.12 bits per heavy atom. The molecule has 0 atom stereocenters. The SMILES string of the molecule is O=C(O)C=C(CCCCCl)c1ccc(Oc2ccc(Cl)cc2)cc1. The van der Waals surface area contributed by atoms with Crippen molar-refractivity contribution in [2.24, 2.45) is 0 Å². The second kappa shape index (κ2) is 9.36. The molecule has 0 saturated heterocycles. The first-order valence-electron chi connectivity index (χ1n) is 7.62. The van der Waals surface area contributed by atoms with Crippen LogP contribution in [0.1, 0.15) is 24.8 Å². The third-order valence-corrected chi connectivity index (χ3v) is 3.92. The Hall–Kier alpha value is -1.97. The van der Waals surface area contributed by atoms with E-state index in [0.717, 1.165) is 24.0 Å². The Morgan fingerprint density at radius 2 is 1.58 bits per heavy atom. The van der Waals surface area contributed by atoms with Gasteiger partial charge in [-0.3, -0.25) is 0 Å². The summed E-state index contributed by atoms with van der Waals surface area (Å²) in [7, 11) is 0. The molecule has 0 amide bonds. The zero-order valence-electron chi connectivity index (χ0n) is 13.0. The van der Waals surface area contributed by atoms with Crippen LogP contribution >= 0.6 is 23.2 Å². The van der Waals surface area contributed by atoms with Crippen LogP contribution in [0.25, 0.3) is 5.57 Å². The molecular weight excluding hydrogens is 347 g/mol. The van der Waals surface area contributed by atoms with Gasteiger partial charge in [-0.25, -0.2) is 4.79 Å². The molecule has 0 aromatic heterocycles. The van der Waals surface area contributed by atoms with E-state index in [1.54, 1.807) is 24.3 Å². The number of unbranched alkanes of at least 4 members (excludes halogenated alkanes) is 1. The quantitative estimate of drug-likeness (QED) is 0.354. The maximum atomic E-state index is 11.0. The van der Waals surface area contributed by atoms with E-state index >= 15 is 0 Å². The maximum Gasteiger partial charge on any atom is 0.328 e. The molecule has 3 nitrogen and oxygen atoms in total. The predicted octanol–water partition coefficient (Wildman–Crippen LogP) is 6.01. The van der Waals surface area contributed by atoms with Gasteiger partial charge in [-0.1, -0.05) is 23.7 Å². The van der Waals surface area contributed by atoms with Crippen LogP contribution in [0, 0.1) is 0 Å². The van der Waals surface area contributed by atoms with E-state index in [2.05, 4.69) is 0 Å². The van der Waals surface area contributed by atoms with Crippen LogP contribution in [0.2, 0.25) is 5.02 Å². The van der Waals surface area contributed by atoms with Gasteiger partial charge in [-0.2, -0.15) is 0 Å². The second-order valence-electron chi connectivity index (χ2n) is 5.23. The zero-order chi connectivity index (χ0) is 17.4. The highest BCUT2D eigenvalue weighted by atomic mass is 35.5. The second-order valence-corrected chi connectivity index (χ2v) is 6.05. The van der Waals surface area contributed by atoms with Gasteiger partial charge in [-0.15, -0.1) is 11.6 Å². The molecule has 0 bridgehead atoms. The number of halogens is 2. The highest BCUT2D eigenvalue weighted by Gasteiger charge is 2.06. The fraction of sp³-hybridized carbons (Fsp3) is 0.211. The van der Waals surface area contributed by atoms with Gasteiger partial charge in [0, 0.05) is 17.0 Å². The third-order valence-electron chi connectivity index (χ3n) is 3.40. The van der Waals surface area contributed by atoms with E-state index in [9.17, 15) is 4.79 Å². The molecule has 5 heteroatoms. The average Bonchev–Trinajstić information content (AvgIpc) is 2.57. The van der Waals surface area contributed by atoms with Gasteiger partial charge in [0.05, 0.1) is 0 Å². The number of aliphatic carboxylic acids is 1. The Labute approximate surface area is 151 Å². The first-order valence-corrected chi connectivity index (χ1v) is 8.53. The largest absolute Gasteiger partial charge is 0.478 e. The van der Waals surface area contributed by atoms with Crippen molar-refractivity contribution in [2.75, 3.05) is 5.88 Å². The third kappa shape index (κ3) is 5.91. The highest BCUT2D eigenvalue weighted by molar-refractivity contribution is 6.30. The van der Waals surface area contributed by atoms with Gasteiger partial charge >= 0.3 is 5.97 Å². The van der Waals surface area contributed by atoms with Crippen molar-refractivity contribution in [3.63, 3.8) is 0 Å². The van der Waals surface area contributed by atoms with Gasteiger partial charge in [0.25, 0.3) is 0 Å². The van der Waals surface area contributed by atoms with Gasteiger partial charge in [0.2, 0.25) is 0 Å². The first-order chi connectivity index (χ1) is 11.6. The fourth-order valence-corrected chi connectivity index (χ4v) is 2.55. The normalized spacial score (nSPS) is 11.3. The molecule has 0 spiro atoms. The van der Waals surface area contributed by atoms with Crippen molar-refractivity contribution in [1.82, 2.24) is 0 Å². The van der Waals surface area contributed by atoms with Crippen molar-refractivity contribution < 1.29 is 14.6 Å². The minimum absolute atomic E-state index is 0.578. The Balaban J connectivity index is 2.10. The molecule has 0 heterocycles. The number of hydrogen-bond donors (Lipinski definition) is 1. The fourth-order valence-electron chi connectivity index (χ4n) is 2.23. The van der Waals surface area contributed by atoms with Crippen LogP contribution < -0.4 is 4.74 Å². The summed E-state index contributed by atoms with van der Waals surface area (Å²) in [6, 6.07) is 14.5. The van der Waals surface area contributed by atoms with E-state index < -0.39 is 5.97 Å². The van der Waals surface area contributed by atoms with Crippen LogP contribution in [-0.2, 0) is 4.79 Å². The number of allylic oxidation sites excluding steroid dienone is 1. The molecule has 2 aromatic carbocycles. The molecular formula is C19H18Cl2O3. The summed E-state index contributed by atoms with van der Waals surface area (Å²) in [6.07, 6.45) is 3.64. The lowest BCUT2D eigenvalue weighted by Crippen LogP contribution is -1.94. The molecule has 0 unspecified atom stereocenters. The van der Waals surface area contributed by atoms with Crippen LogP contribution in [0.5, 0.6) is 11.5 Å². The summed E-state index contributed by atoms with van der Waals surface area (Å²) in [4.78, 5) is 11.0. The van der Waals surface area contributed by atoms with Crippen molar-refractivity contribution in [1.29, 1.82) is 0 Å². The van der Waals surface area contributed by atoms with Gasteiger partial charge in [0.15, 0.2) is 0 Å². The summed E-state index contributed by atoms with van der Waals surface area (Å²) < 4.78 is 5.74. The molecule has 0 saturated carbocycles. The number of carbonyl (C=O) groups is 1. The van der Waals surface area contributed by atoms with Crippen molar-refractivity contribution in [2.45, 2.75) is 19.3 Å². The minimum Gasteiger partial charge on any atom is -0.478 e. The smallest absolute Gasteiger partial charge is 0.328 e. The topological polar surface area (TPSA) is 46.5 Å². The molecule has 1 N–H and O–H groups in total. The lowest BCUT2D eigenvalue weighted by atomic mass is 10.00. The standard InChI is InChI=1S/C19H18Cl2O3/c20-12-2-1-3-15(13-19(22)23)14-4-8-17(9-5-14)24-18-10-6-16(21)7-11-18/h4-11,13H,1-3,12H2,(H,22,23). The molecule has 2 rings (SSSR count). The summed E-state index contributed by atoms with van der Waals surface area (Å²) in [5, 5.41) is 9.69. The molecule has 0 radical (unpaired) electrons. The molecule has 126 valence electrons. The van der Waals surface area contributed by atoms with Gasteiger partial charge in [0.1, 0.15) is 11.5 Å². The number of benzene rings is 2. The van der Waals surface area contributed by atoms with Crippen molar-refractivity contribution in [3.05, 3.63) is 65.2 Å². The average molecular weight is 365 g/mol. The van der Waals surface area contributed by atoms with Crippen molar-refractivity contribution in [3.8, 4) is 11.5 Å². The predicted molar refractivity (Wildman–Crippen MR) is 98.2 cm³/mol. The zero-order valence-corrected chi connectivity index (χ0v) is 14.6. The molecule has 0 aliphatic heterocycles. The highest BCUT2D eigenvalue weighted by Crippen LogP contribution is 2.27. The van der Waals surface area contributed by atoms with E-state index in [1.165, 1.54) is 6.08 Å². The van der Waals surface area contributed by atoms with Crippen LogP contribution in [0.4, 0.5) is 0 Å². The lowest BCUT2D eigenvalue weighted by Gasteiger charge is -2.09. The minimum atomic E-state index is -0.947. The van der Waals surface area contributed by atoms with Crippen molar-refractivity contribution >= 4 is 34.7 Å². The van der Waals surface area contributed by atoms with E-state index in [4.69, 9.17) is 33.0 Å². The number of carboxylic acids is 1. The maximum absolute atomic E-state index is 11.0.